The van der Waals surface area contributed by atoms with Crippen molar-refractivity contribution in [2.75, 3.05) is 13.1 Å². The zero-order chi connectivity index (χ0) is 25.8. The van der Waals surface area contributed by atoms with E-state index in [0.29, 0.717) is 0 Å². The van der Waals surface area contributed by atoms with Gasteiger partial charge in [0.15, 0.2) is 0 Å². The first-order valence-electron chi connectivity index (χ1n) is 13.4. The fourth-order valence-electron chi connectivity index (χ4n) is 4.15. The fraction of sp³-hybridized carbons (Fsp3) is 0.484. The van der Waals surface area contributed by atoms with E-state index in [-0.39, 0.29) is 0 Å². The molecule has 4 heterocycles. The van der Waals surface area contributed by atoms with Crippen LogP contribution < -0.4 is 0 Å². The first-order valence-corrected chi connectivity index (χ1v) is 13.4. The lowest BCUT2D eigenvalue weighted by Gasteiger charge is -2.33. The highest BCUT2D eigenvalue weighted by molar-refractivity contribution is 5.83. The van der Waals surface area contributed by atoms with Crippen molar-refractivity contribution in [1.82, 2.24) is 19.5 Å². The summed E-state index contributed by atoms with van der Waals surface area (Å²) in [6.07, 6.45) is 13.5. The molecule has 1 aliphatic rings. The topological polar surface area (TPSA) is 33.4 Å². The molecule has 35 heavy (non-hydrogen) atoms. The van der Waals surface area contributed by atoms with Crippen LogP contribution in [0.3, 0.4) is 0 Å². The third-order valence-electron chi connectivity index (χ3n) is 6.39. The van der Waals surface area contributed by atoms with Gasteiger partial charge in [-0.15, -0.1) is 0 Å². The fourth-order valence-corrected chi connectivity index (χ4v) is 4.15. The van der Waals surface area contributed by atoms with E-state index in [0.717, 1.165) is 58.2 Å². The van der Waals surface area contributed by atoms with Gasteiger partial charge in [0, 0.05) is 48.0 Å². The predicted octanol–water partition coefficient (Wildman–Crippen LogP) is 8.41. The van der Waals surface area contributed by atoms with Crippen LogP contribution in [-0.4, -0.2) is 32.6 Å². The van der Waals surface area contributed by atoms with Gasteiger partial charge in [0.2, 0.25) is 0 Å². The van der Waals surface area contributed by atoms with E-state index in [4.69, 9.17) is 0 Å². The summed E-state index contributed by atoms with van der Waals surface area (Å²) in [6.45, 7) is 23.9. The number of aryl methyl sites for hydroxylation is 1. The summed E-state index contributed by atoms with van der Waals surface area (Å²) < 4.78 is 1.92. The molecule has 0 aromatic carbocycles. The Morgan fingerprint density at radius 1 is 1.03 bits per heavy atom. The van der Waals surface area contributed by atoms with Gasteiger partial charge in [-0.2, -0.15) is 5.10 Å². The van der Waals surface area contributed by atoms with Gasteiger partial charge in [0.05, 0.1) is 11.7 Å². The molecule has 190 valence electrons. The standard InChI is InChI=1S/C23H26N4.C5H12.C3H8/c1-16-7-11-26(12-8-16)19(4)22-15-25-27-13-9-20(14-23(22)27)17(2)21-6-5-10-24-18(21)3;1-3-5-4-2;1-3-2/h5-6,9-10,13-16H,2,4,7-8,11-12H2,1,3H3;3-5H2,1-2H3;3H2,1-2H3. The second kappa shape index (κ2) is 14.5. The molecular formula is C31H46N4. The van der Waals surface area contributed by atoms with Crippen molar-refractivity contribution >= 4 is 16.8 Å². The van der Waals surface area contributed by atoms with Gasteiger partial charge in [-0.25, -0.2) is 4.52 Å². The van der Waals surface area contributed by atoms with Gasteiger partial charge in [0.1, 0.15) is 0 Å². The predicted molar refractivity (Wildman–Crippen MR) is 152 cm³/mol. The number of likely N-dealkylation sites (tertiary alicyclic amines) is 1. The number of hydrogen-bond donors (Lipinski definition) is 0. The maximum atomic E-state index is 4.53. The maximum Gasteiger partial charge on any atom is 0.0760 e. The molecule has 0 amide bonds. The minimum Gasteiger partial charge on any atom is -0.371 e. The van der Waals surface area contributed by atoms with E-state index in [9.17, 15) is 0 Å². The van der Waals surface area contributed by atoms with E-state index < -0.39 is 0 Å². The number of aromatic nitrogens is 3. The minimum absolute atomic E-state index is 0.801. The normalized spacial score (nSPS) is 13.5. The average Bonchev–Trinajstić information content (AvgIpc) is 3.29. The third kappa shape index (κ3) is 7.81. The molecule has 1 fully saturated rings. The highest BCUT2D eigenvalue weighted by atomic mass is 15.2. The molecule has 4 heteroatoms. The lowest BCUT2D eigenvalue weighted by Crippen LogP contribution is -2.31. The number of pyridine rings is 2. The molecule has 0 atom stereocenters. The Morgan fingerprint density at radius 2 is 1.69 bits per heavy atom. The second-order valence-electron chi connectivity index (χ2n) is 9.60. The van der Waals surface area contributed by atoms with Crippen molar-refractivity contribution in [2.24, 2.45) is 5.92 Å². The monoisotopic (exact) mass is 474 g/mol. The van der Waals surface area contributed by atoms with Crippen molar-refractivity contribution in [2.45, 2.75) is 80.1 Å². The zero-order valence-corrected chi connectivity index (χ0v) is 23.0. The SMILES string of the molecule is C=C(c1ccn2ncc(C(=C)N3CCC(C)CC3)c2c1)c1cccnc1C.CCC.CCCCC. The van der Waals surface area contributed by atoms with Crippen LogP contribution in [0.1, 0.15) is 95.5 Å². The van der Waals surface area contributed by atoms with E-state index in [1.807, 2.05) is 36.1 Å². The Hall–Kier alpha value is -2.88. The Kier molecular flexibility index (Phi) is 11.8. The van der Waals surface area contributed by atoms with E-state index in [2.05, 4.69) is 81.0 Å². The van der Waals surface area contributed by atoms with Gasteiger partial charge in [-0.3, -0.25) is 4.98 Å². The molecule has 0 unspecified atom stereocenters. The summed E-state index contributed by atoms with van der Waals surface area (Å²) in [6, 6.07) is 8.24. The van der Waals surface area contributed by atoms with Crippen LogP contribution in [0.4, 0.5) is 0 Å². The number of hydrogen-bond acceptors (Lipinski definition) is 3. The van der Waals surface area contributed by atoms with E-state index in [1.165, 1.54) is 38.5 Å². The number of nitrogens with zero attached hydrogens (tertiary/aromatic N) is 4. The summed E-state index contributed by atoms with van der Waals surface area (Å²) in [5.74, 6) is 0.801. The van der Waals surface area contributed by atoms with Crippen LogP contribution in [0.15, 0.2) is 56.0 Å². The van der Waals surface area contributed by atoms with Gasteiger partial charge < -0.3 is 4.90 Å². The van der Waals surface area contributed by atoms with Gasteiger partial charge in [0.25, 0.3) is 0 Å². The molecular weight excluding hydrogens is 428 g/mol. The molecule has 1 aliphatic heterocycles. The molecule has 0 aliphatic carbocycles. The Labute approximate surface area is 213 Å². The number of piperidine rings is 1. The quantitative estimate of drug-likeness (QED) is 0.359. The highest BCUT2D eigenvalue weighted by Gasteiger charge is 2.20. The summed E-state index contributed by atoms with van der Waals surface area (Å²) in [7, 11) is 0. The smallest absolute Gasteiger partial charge is 0.0760 e. The second-order valence-corrected chi connectivity index (χ2v) is 9.60. The van der Waals surface area contributed by atoms with Crippen molar-refractivity contribution in [1.29, 1.82) is 0 Å². The van der Waals surface area contributed by atoms with Crippen LogP contribution in [0.25, 0.3) is 16.8 Å². The lowest BCUT2D eigenvalue weighted by molar-refractivity contribution is 0.269. The van der Waals surface area contributed by atoms with Crippen LogP contribution in [-0.2, 0) is 0 Å². The Morgan fingerprint density at radius 3 is 2.26 bits per heavy atom. The van der Waals surface area contributed by atoms with Crippen LogP contribution in [0, 0.1) is 12.8 Å². The maximum absolute atomic E-state index is 4.53. The molecule has 4 rings (SSSR count). The van der Waals surface area contributed by atoms with Gasteiger partial charge in [-0.05, 0) is 55.0 Å². The van der Waals surface area contributed by atoms with Crippen LogP contribution in [0.2, 0.25) is 0 Å². The molecule has 0 radical (unpaired) electrons. The summed E-state index contributed by atoms with van der Waals surface area (Å²) in [5.41, 5.74) is 7.36. The van der Waals surface area contributed by atoms with Gasteiger partial charge >= 0.3 is 0 Å². The number of fused-ring (bicyclic) bond motifs is 1. The molecule has 0 bridgehead atoms. The molecule has 1 saturated heterocycles. The van der Waals surface area contributed by atoms with Crippen molar-refractivity contribution in [3.8, 4) is 0 Å². The third-order valence-corrected chi connectivity index (χ3v) is 6.39. The molecule has 0 spiro atoms. The molecule has 3 aromatic rings. The Balaban J connectivity index is 0.000000473. The molecule has 0 N–H and O–H groups in total. The summed E-state index contributed by atoms with van der Waals surface area (Å²) in [5, 5.41) is 4.53. The minimum atomic E-state index is 0.801. The van der Waals surface area contributed by atoms with Crippen molar-refractivity contribution < 1.29 is 0 Å². The van der Waals surface area contributed by atoms with Crippen molar-refractivity contribution in [3.63, 3.8) is 0 Å². The molecule has 4 nitrogen and oxygen atoms in total. The highest BCUT2D eigenvalue weighted by Crippen LogP contribution is 2.30. The number of rotatable bonds is 6. The average molecular weight is 475 g/mol. The summed E-state index contributed by atoms with van der Waals surface area (Å²) in [4.78, 5) is 6.78. The van der Waals surface area contributed by atoms with E-state index in [1.54, 1.807) is 0 Å². The zero-order valence-electron chi connectivity index (χ0n) is 23.0. The van der Waals surface area contributed by atoms with Crippen LogP contribution >= 0.6 is 0 Å². The molecule has 3 aromatic heterocycles. The van der Waals surface area contributed by atoms with Crippen LogP contribution in [0.5, 0.6) is 0 Å². The largest absolute Gasteiger partial charge is 0.371 e. The summed E-state index contributed by atoms with van der Waals surface area (Å²) >= 11 is 0. The number of unbranched alkanes of at least 4 members (excludes halogenated alkanes) is 2. The van der Waals surface area contributed by atoms with E-state index >= 15 is 0 Å². The first kappa shape index (κ1) is 28.4. The first-order chi connectivity index (χ1) is 16.9. The lowest BCUT2D eigenvalue weighted by atomic mass is 9.97. The van der Waals surface area contributed by atoms with Crippen molar-refractivity contribution in [3.05, 3.63) is 78.4 Å². The Bertz CT molecular complexity index is 1070. The van der Waals surface area contributed by atoms with Gasteiger partial charge in [-0.1, -0.05) is 79.5 Å². The molecule has 0 saturated carbocycles.